The van der Waals surface area contributed by atoms with E-state index in [2.05, 4.69) is 45.0 Å². The van der Waals surface area contributed by atoms with Crippen LogP contribution in [-0.4, -0.2) is 83.3 Å². The average molecular weight is 906 g/mol. The molecule has 0 aliphatic carbocycles. The van der Waals surface area contributed by atoms with Crippen molar-refractivity contribution in [2.75, 3.05) is 41.5 Å². The van der Waals surface area contributed by atoms with Crippen molar-refractivity contribution in [3.8, 4) is 0 Å². The molecular formula is C38H42Cl2N8O10S2. The van der Waals surface area contributed by atoms with Crippen molar-refractivity contribution in [2.24, 2.45) is 0 Å². The zero-order chi connectivity index (χ0) is 43.1. The molecule has 2 unspecified atom stereocenters. The van der Waals surface area contributed by atoms with E-state index < -0.39 is 19.7 Å². The first kappa shape index (κ1) is 49.0. The molecule has 2 aromatic heterocycles. The minimum Gasteiger partial charge on any atom is -0.383 e. The van der Waals surface area contributed by atoms with Crippen LogP contribution in [0.25, 0.3) is 21.8 Å². The third kappa shape index (κ3) is 13.1. The van der Waals surface area contributed by atoms with Crippen LogP contribution >= 0.6 is 45.8 Å². The Balaban J connectivity index is 0.000000262. The van der Waals surface area contributed by atoms with Crippen LogP contribution in [0.2, 0.25) is 0 Å². The van der Waals surface area contributed by atoms with Crippen molar-refractivity contribution in [3.05, 3.63) is 143 Å². The molecule has 0 aliphatic heterocycles. The summed E-state index contributed by atoms with van der Waals surface area (Å²) in [6.45, 7) is 1.24. The molecule has 22 heteroatoms. The Morgan fingerprint density at radius 1 is 0.683 bits per heavy atom. The number of ether oxygens (including phenoxy) is 2. The number of hydrogen-bond acceptors (Lipinski definition) is 14. The Hall–Kier alpha value is -5.32. The van der Waals surface area contributed by atoms with Crippen LogP contribution in [0.5, 0.6) is 0 Å². The Labute approximate surface area is 362 Å². The Morgan fingerprint density at radius 3 is 1.70 bits per heavy atom. The molecule has 0 saturated heterocycles. The normalized spacial score (nSPS) is 11.7. The van der Waals surface area contributed by atoms with Gasteiger partial charge in [0.2, 0.25) is 0 Å². The van der Waals surface area contributed by atoms with Crippen LogP contribution in [0.15, 0.2) is 106 Å². The number of para-hydroxylation sites is 2. The van der Waals surface area contributed by atoms with E-state index in [4.69, 9.17) is 20.2 Å². The van der Waals surface area contributed by atoms with Crippen LogP contribution in [0.4, 0.5) is 22.7 Å². The molecule has 0 bridgehead atoms. The van der Waals surface area contributed by atoms with Crippen molar-refractivity contribution in [3.63, 3.8) is 0 Å². The molecule has 0 amide bonds. The molecule has 0 saturated carbocycles. The topological polar surface area (TPSA) is 247 Å². The second-order valence-corrected chi connectivity index (χ2v) is 14.7. The molecule has 18 nitrogen and oxygen atoms in total. The highest BCUT2D eigenvalue weighted by Crippen LogP contribution is 2.40. The summed E-state index contributed by atoms with van der Waals surface area (Å²) in [5, 5.41) is 52.8. The van der Waals surface area contributed by atoms with Crippen LogP contribution in [0, 0.1) is 40.5 Å². The molecule has 6 aromatic rings. The zero-order valence-corrected chi connectivity index (χ0v) is 35.8. The highest BCUT2D eigenvalue weighted by molar-refractivity contribution is 8.21. The standard InChI is InChI=1S/C19H20N4O5S.C13H18N2O.C6H3ClN2O4S.ClH/c1-20-12(11-28-2)9-15-14-5-3-4-6-16(14)21-19(15)29-18-8-7-13(22(24)25)10-17(18)23(26)27;1-14-11(9-16-2)7-10-8-15-13-6-4-3-5-12(10)13;7-14-6-2-1-4(8(10)11)3-5(6)9(12)13;/h3-8,10,12,20-21H,9,11H2,1-2H3;3-6,8,11,14-15H,7,9H2,1-2H3;1-3H;1H. The number of aromatic amines is 2. The van der Waals surface area contributed by atoms with Crippen LogP contribution < -0.4 is 10.6 Å². The number of non-ortho nitro benzene ring substituents is 2. The SMILES string of the molecule is CNC(COC)Cc1c(Sc2ccc([N+](=O)[O-])cc2[N+](=O)[O-])[nH]c2ccccc12.CNC(COC)Cc1c[nH]c2ccccc12.Cl.O=[N+]([O-])c1ccc(SCl)c([N+](=O)[O-])c1. The lowest BCUT2D eigenvalue weighted by Gasteiger charge is -2.15. The van der Waals surface area contributed by atoms with Gasteiger partial charge < -0.3 is 30.1 Å². The third-order valence-corrected chi connectivity index (χ3v) is 11.0. The minimum atomic E-state index is -0.711. The summed E-state index contributed by atoms with van der Waals surface area (Å²) < 4.78 is 10.5. The first-order chi connectivity index (χ1) is 28.3. The highest BCUT2D eigenvalue weighted by atomic mass is 35.7. The predicted octanol–water partition coefficient (Wildman–Crippen LogP) is 9.03. The second kappa shape index (κ2) is 24.1. The van der Waals surface area contributed by atoms with E-state index in [9.17, 15) is 40.5 Å². The molecule has 0 fully saturated rings. The van der Waals surface area contributed by atoms with E-state index in [-0.39, 0.29) is 46.1 Å². The van der Waals surface area contributed by atoms with Crippen LogP contribution in [0.1, 0.15) is 11.1 Å². The number of nitro groups is 4. The number of nitrogens with zero attached hydrogens (tertiary/aromatic N) is 4. The molecule has 0 spiro atoms. The van der Waals surface area contributed by atoms with E-state index in [0.717, 1.165) is 52.7 Å². The fraction of sp³-hybridized carbons (Fsp3) is 0.263. The number of hydrogen-bond donors (Lipinski definition) is 4. The first-order valence-electron chi connectivity index (χ1n) is 17.6. The highest BCUT2D eigenvalue weighted by Gasteiger charge is 2.24. The summed E-state index contributed by atoms with van der Waals surface area (Å²) in [4.78, 5) is 47.7. The fourth-order valence-electron chi connectivity index (χ4n) is 5.95. The molecule has 0 aliphatic rings. The minimum absolute atomic E-state index is 0. The summed E-state index contributed by atoms with van der Waals surface area (Å²) >= 11 is 1.20. The smallest absolute Gasteiger partial charge is 0.290 e. The van der Waals surface area contributed by atoms with Crippen molar-refractivity contribution in [1.82, 2.24) is 20.6 Å². The molecule has 0 radical (unpaired) electrons. The van der Waals surface area contributed by atoms with E-state index in [1.54, 1.807) is 14.2 Å². The zero-order valence-electron chi connectivity index (χ0n) is 32.6. The molecule has 6 rings (SSSR count). The number of halogens is 2. The summed E-state index contributed by atoms with van der Waals surface area (Å²) in [5.41, 5.74) is 3.17. The number of benzene rings is 4. The lowest BCUT2D eigenvalue weighted by molar-refractivity contribution is -0.396. The molecule has 4 aromatic carbocycles. The van der Waals surface area contributed by atoms with Crippen molar-refractivity contribution in [1.29, 1.82) is 0 Å². The van der Waals surface area contributed by atoms with Crippen LogP contribution in [0.3, 0.4) is 0 Å². The van der Waals surface area contributed by atoms with E-state index in [0.29, 0.717) is 34.9 Å². The van der Waals surface area contributed by atoms with Gasteiger partial charge in [-0.1, -0.05) is 48.2 Å². The molecular weight excluding hydrogens is 864 g/mol. The Kier molecular flexibility index (Phi) is 19.7. The summed E-state index contributed by atoms with van der Waals surface area (Å²) in [5.74, 6) is 0. The number of rotatable bonds is 17. The first-order valence-corrected chi connectivity index (χ1v) is 20.1. The van der Waals surface area contributed by atoms with Gasteiger partial charge in [0.25, 0.3) is 22.7 Å². The van der Waals surface area contributed by atoms with Crippen molar-refractivity contribution in [2.45, 2.75) is 39.7 Å². The van der Waals surface area contributed by atoms with Gasteiger partial charge in [0.15, 0.2) is 0 Å². The molecule has 4 N–H and O–H groups in total. The fourth-order valence-corrected chi connectivity index (χ4v) is 7.75. The number of H-pyrrole nitrogens is 2. The summed E-state index contributed by atoms with van der Waals surface area (Å²) in [6.07, 6.45) is 3.72. The molecule has 320 valence electrons. The lowest BCUT2D eigenvalue weighted by atomic mass is 10.1. The molecule has 2 heterocycles. The van der Waals surface area contributed by atoms with Gasteiger partial charge in [0.05, 0.1) is 55.0 Å². The maximum absolute atomic E-state index is 11.5. The Bertz CT molecular complexity index is 2400. The van der Waals surface area contributed by atoms with E-state index in [1.165, 1.54) is 46.4 Å². The van der Waals surface area contributed by atoms with Gasteiger partial charge in [-0.05, 0) is 84.0 Å². The number of nitrogens with one attached hydrogen (secondary N) is 4. The maximum atomic E-state index is 11.5. The predicted molar refractivity (Wildman–Crippen MR) is 236 cm³/mol. The maximum Gasteiger partial charge on any atom is 0.290 e. The summed E-state index contributed by atoms with van der Waals surface area (Å²) in [7, 11) is 13.2. The van der Waals surface area contributed by atoms with Crippen molar-refractivity contribution >= 4 is 90.4 Å². The second-order valence-electron chi connectivity index (χ2n) is 12.6. The van der Waals surface area contributed by atoms with E-state index >= 15 is 0 Å². The van der Waals surface area contributed by atoms with Gasteiger partial charge in [-0.2, -0.15) is 0 Å². The number of likely N-dealkylation sites (N-methyl/N-ethyl adjacent to an activating group) is 2. The van der Waals surface area contributed by atoms with Gasteiger partial charge in [0, 0.05) is 66.4 Å². The van der Waals surface area contributed by atoms with Gasteiger partial charge in [-0.25, -0.2) is 0 Å². The number of nitro benzene ring substituents is 4. The van der Waals surface area contributed by atoms with Gasteiger partial charge >= 0.3 is 0 Å². The summed E-state index contributed by atoms with van der Waals surface area (Å²) in [6, 6.07) is 23.6. The average Bonchev–Trinajstić information content (AvgIpc) is 3.80. The quantitative estimate of drug-likeness (QED) is 0.0493. The Morgan fingerprint density at radius 2 is 1.18 bits per heavy atom. The monoisotopic (exact) mass is 904 g/mol. The van der Waals surface area contributed by atoms with Crippen molar-refractivity contribution < 1.29 is 29.2 Å². The van der Waals surface area contributed by atoms with Gasteiger partial charge in [-0.3, -0.25) is 40.5 Å². The van der Waals surface area contributed by atoms with E-state index in [1.807, 2.05) is 44.4 Å². The number of fused-ring (bicyclic) bond motifs is 2. The number of aromatic nitrogens is 2. The van der Waals surface area contributed by atoms with Crippen LogP contribution in [-0.2, 0) is 22.3 Å². The molecule has 2 atom stereocenters. The third-order valence-electron chi connectivity index (χ3n) is 8.91. The number of methoxy groups -OCH3 is 2. The lowest BCUT2D eigenvalue weighted by Crippen LogP contribution is -2.32. The van der Waals surface area contributed by atoms with Gasteiger partial charge in [0.1, 0.15) is 4.90 Å². The molecule has 60 heavy (non-hydrogen) atoms. The van der Waals surface area contributed by atoms with Gasteiger partial charge in [-0.15, -0.1) is 12.4 Å². The largest absolute Gasteiger partial charge is 0.383 e.